The van der Waals surface area contributed by atoms with Gasteiger partial charge in [0.25, 0.3) is 0 Å². The zero-order chi connectivity index (χ0) is 16.2. The number of aryl methyl sites for hydroxylation is 1. The molecule has 2 rings (SSSR count). The summed E-state index contributed by atoms with van der Waals surface area (Å²) in [5.41, 5.74) is 3.92. The van der Waals surface area contributed by atoms with Gasteiger partial charge >= 0.3 is 13.3 Å². The van der Waals surface area contributed by atoms with Gasteiger partial charge in [0.15, 0.2) is 0 Å². The number of halogens is 3. The van der Waals surface area contributed by atoms with Crippen LogP contribution in [0.2, 0.25) is 0 Å². The van der Waals surface area contributed by atoms with E-state index in [-0.39, 0.29) is 11.3 Å². The molecule has 1 aliphatic heterocycles. The SMILES string of the molecule is Cc1cc(B2OC(C)(C)C(C)(C)O2)cc(N)c1C(F)(F)F. The fourth-order valence-electron chi connectivity index (χ4n) is 2.35. The summed E-state index contributed by atoms with van der Waals surface area (Å²) in [6.07, 6.45) is -4.47. The zero-order valence-corrected chi connectivity index (χ0v) is 12.8. The molecule has 116 valence electrons. The number of hydrogen-bond acceptors (Lipinski definition) is 3. The van der Waals surface area contributed by atoms with Crippen molar-refractivity contribution in [2.75, 3.05) is 5.73 Å². The lowest BCUT2D eigenvalue weighted by Crippen LogP contribution is -2.41. The van der Waals surface area contributed by atoms with E-state index in [9.17, 15) is 13.2 Å². The van der Waals surface area contributed by atoms with Gasteiger partial charge in [0, 0.05) is 5.69 Å². The van der Waals surface area contributed by atoms with Gasteiger partial charge in [-0.1, -0.05) is 6.07 Å². The van der Waals surface area contributed by atoms with Gasteiger partial charge < -0.3 is 15.0 Å². The topological polar surface area (TPSA) is 44.5 Å². The molecule has 21 heavy (non-hydrogen) atoms. The fourth-order valence-corrected chi connectivity index (χ4v) is 2.35. The van der Waals surface area contributed by atoms with Crippen molar-refractivity contribution < 1.29 is 22.5 Å². The summed E-state index contributed by atoms with van der Waals surface area (Å²) < 4.78 is 50.4. The average molecular weight is 301 g/mol. The predicted octanol–water partition coefficient (Wildman–Crippen LogP) is 2.90. The van der Waals surface area contributed by atoms with Gasteiger partial charge in [-0.25, -0.2) is 0 Å². The molecule has 1 aliphatic rings. The van der Waals surface area contributed by atoms with Crippen molar-refractivity contribution in [3.63, 3.8) is 0 Å². The highest BCUT2D eigenvalue weighted by atomic mass is 19.4. The van der Waals surface area contributed by atoms with Crippen LogP contribution in [0.4, 0.5) is 18.9 Å². The van der Waals surface area contributed by atoms with Gasteiger partial charge in [-0.05, 0) is 51.7 Å². The normalized spacial score (nSPS) is 20.9. The number of nitrogen functional groups attached to an aromatic ring is 1. The number of nitrogens with two attached hydrogens (primary N) is 1. The molecule has 0 unspecified atom stereocenters. The first-order chi connectivity index (χ1) is 9.35. The van der Waals surface area contributed by atoms with Crippen LogP contribution in [0.25, 0.3) is 0 Å². The molecule has 1 fully saturated rings. The maximum atomic E-state index is 12.9. The lowest BCUT2D eigenvalue weighted by molar-refractivity contribution is -0.137. The van der Waals surface area contributed by atoms with Crippen LogP contribution in [-0.4, -0.2) is 18.3 Å². The van der Waals surface area contributed by atoms with Crippen LogP contribution in [-0.2, 0) is 15.5 Å². The Kier molecular flexibility index (Phi) is 3.58. The minimum Gasteiger partial charge on any atom is -0.399 e. The van der Waals surface area contributed by atoms with Crippen LogP contribution in [0.3, 0.4) is 0 Å². The van der Waals surface area contributed by atoms with Gasteiger partial charge in [-0.3, -0.25) is 0 Å². The second-order valence-electron chi connectivity index (χ2n) is 6.39. The number of rotatable bonds is 1. The van der Waals surface area contributed by atoms with Gasteiger partial charge in [-0.15, -0.1) is 0 Å². The van der Waals surface area contributed by atoms with Gasteiger partial charge in [0.05, 0.1) is 16.8 Å². The molecule has 0 radical (unpaired) electrons. The Morgan fingerprint density at radius 2 is 1.52 bits per heavy atom. The molecule has 7 heteroatoms. The summed E-state index contributed by atoms with van der Waals surface area (Å²) in [4.78, 5) is 0. The lowest BCUT2D eigenvalue weighted by Gasteiger charge is -2.32. The van der Waals surface area contributed by atoms with Crippen molar-refractivity contribution >= 4 is 18.3 Å². The maximum absolute atomic E-state index is 12.9. The molecular weight excluding hydrogens is 282 g/mol. The Balaban J connectivity index is 2.41. The van der Waals surface area contributed by atoms with Crippen molar-refractivity contribution in [3.8, 4) is 0 Å². The Morgan fingerprint density at radius 1 is 1.05 bits per heavy atom. The molecule has 0 saturated carbocycles. The van der Waals surface area contributed by atoms with Crippen molar-refractivity contribution in [1.29, 1.82) is 0 Å². The highest BCUT2D eigenvalue weighted by Crippen LogP contribution is 2.38. The molecule has 0 atom stereocenters. The molecule has 2 N–H and O–H groups in total. The molecular formula is C14H19BF3NO2. The van der Waals surface area contributed by atoms with Crippen molar-refractivity contribution in [2.45, 2.75) is 52.0 Å². The van der Waals surface area contributed by atoms with E-state index in [0.717, 1.165) is 0 Å². The summed E-state index contributed by atoms with van der Waals surface area (Å²) in [5.74, 6) is 0. The van der Waals surface area contributed by atoms with E-state index in [1.54, 1.807) is 0 Å². The van der Waals surface area contributed by atoms with Crippen LogP contribution in [0.1, 0.15) is 38.8 Å². The van der Waals surface area contributed by atoms with E-state index in [1.165, 1.54) is 19.1 Å². The second-order valence-corrected chi connectivity index (χ2v) is 6.39. The molecule has 0 amide bonds. The van der Waals surface area contributed by atoms with Crippen LogP contribution in [0.5, 0.6) is 0 Å². The highest BCUT2D eigenvalue weighted by Gasteiger charge is 2.52. The zero-order valence-electron chi connectivity index (χ0n) is 12.8. The van der Waals surface area contributed by atoms with E-state index >= 15 is 0 Å². The molecule has 1 aromatic carbocycles. The quantitative estimate of drug-likeness (QED) is 0.641. The van der Waals surface area contributed by atoms with Gasteiger partial charge in [0.1, 0.15) is 0 Å². The summed E-state index contributed by atoms with van der Waals surface area (Å²) in [7, 11) is -0.724. The van der Waals surface area contributed by atoms with E-state index in [1.807, 2.05) is 27.7 Å². The van der Waals surface area contributed by atoms with Crippen LogP contribution < -0.4 is 11.2 Å². The third-order valence-corrected chi connectivity index (χ3v) is 4.20. The van der Waals surface area contributed by atoms with Crippen LogP contribution in [0.15, 0.2) is 12.1 Å². The monoisotopic (exact) mass is 301 g/mol. The third kappa shape index (κ3) is 2.76. The average Bonchev–Trinajstić information content (AvgIpc) is 2.44. The Hall–Kier alpha value is -1.21. The first-order valence-corrected chi connectivity index (χ1v) is 6.68. The van der Waals surface area contributed by atoms with E-state index in [2.05, 4.69) is 0 Å². The Morgan fingerprint density at radius 3 is 1.90 bits per heavy atom. The van der Waals surface area contributed by atoms with Crippen molar-refractivity contribution in [2.24, 2.45) is 0 Å². The minimum atomic E-state index is -4.47. The van der Waals surface area contributed by atoms with E-state index < -0.39 is 30.1 Å². The molecule has 3 nitrogen and oxygen atoms in total. The largest absolute Gasteiger partial charge is 0.494 e. The summed E-state index contributed by atoms with van der Waals surface area (Å²) in [5, 5.41) is 0. The van der Waals surface area contributed by atoms with Crippen molar-refractivity contribution in [1.82, 2.24) is 0 Å². The molecule has 0 aromatic heterocycles. The number of anilines is 1. The molecule has 0 aliphatic carbocycles. The van der Waals surface area contributed by atoms with Crippen molar-refractivity contribution in [3.05, 3.63) is 23.3 Å². The van der Waals surface area contributed by atoms with Crippen LogP contribution in [0, 0.1) is 6.92 Å². The van der Waals surface area contributed by atoms with E-state index in [4.69, 9.17) is 15.0 Å². The first kappa shape index (κ1) is 16.2. The molecule has 0 spiro atoms. The number of benzene rings is 1. The Labute approximate surface area is 122 Å². The summed E-state index contributed by atoms with van der Waals surface area (Å²) in [6.45, 7) is 8.91. The standard InChI is InChI=1S/C14H19BF3NO2/c1-8-6-9(7-10(19)11(8)14(16,17)18)15-20-12(2,3)13(4,5)21-15/h6-7H,19H2,1-5H3. The molecule has 1 aromatic rings. The number of alkyl halides is 3. The van der Waals surface area contributed by atoms with E-state index in [0.29, 0.717) is 5.46 Å². The third-order valence-electron chi connectivity index (χ3n) is 4.20. The molecule has 1 saturated heterocycles. The van der Waals surface area contributed by atoms with Gasteiger partial charge in [-0.2, -0.15) is 13.2 Å². The minimum absolute atomic E-state index is 0.0622. The first-order valence-electron chi connectivity index (χ1n) is 6.68. The van der Waals surface area contributed by atoms with Gasteiger partial charge in [0.2, 0.25) is 0 Å². The maximum Gasteiger partial charge on any atom is 0.494 e. The molecule has 0 bridgehead atoms. The fraction of sp³-hybridized carbons (Fsp3) is 0.571. The summed E-state index contributed by atoms with van der Waals surface area (Å²) >= 11 is 0. The molecule has 1 heterocycles. The second kappa shape index (κ2) is 4.65. The smallest absolute Gasteiger partial charge is 0.399 e. The lowest BCUT2D eigenvalue weighted by atomic mass is 9.77. The highest BCUT2D eigenvalue weighted by molar-refractivity contribution is 6.62. The number of hydrogen-bond donors (Lipinski definition) is 1. The predicted molar refractivity (Wildman–Crippen MR) is 76.3 cm³/mol. The summed E-state index contributed by atoms with van der Waals surface area (Å²) in [6, 6.07) is 2.69. The Bertz CT molecular complexity index is 531. The van der Waals surface area contributed by atoms with Crippen LogP contribution >= 0.6 is 0 Å².